The Labute approximate surface area is 88.5 Å². The standard InChI is InChI=1S/C11H11ClN2/c1-14(2)7-10-8-5-3-4-6-9(8)11(12)13-10/h3-7H,1-2H3. The molecule has 2 nitrogen and oxygen atoms in total. The highest BCUT2D eigenvalue weighted by molar-refractivity contribution is 6.71. The molecule has 0 aromatic heterocycles. The Hall–Kier alpha value is -1.28. The molecule has 72 valence electrons. The van der Waals surface area contributed by atoms with E-state index in [4.69, 9.17) is 11.6 Å². The average molecular weight is 207 g/mol. The number of hydrogen-bond acceptors (Lipinski definition) is 2. The number of halogens is 1. The Morgan fingerprint density at radius 3 is 2.50 bits per heavy atom. The molecular formula is C11H11ClN2. The number of nitrogens with zero attached hydrogens (tertiary/aromatic N) is 2. The highest BCUT2D eigenvalue weighted by Gasteiger charge is 2.17. The molecule has 0 N–H and O–H groups in total. The Balaban J connectivity index is 2.52. The average Bonchev–Trinajstić information content (AvgIpc) is 2.44. The van der Waals surface area contributed by atoms with Gasteiger partial charge in [-0.1, -0.05) is 35.9 Å². The molecule has 14 heavy (non-hydrogen) atoms. The molecule has 1 aliphatic rings. The van der Waals surface area contributed by atoms with Crippen LogP contribution in [0.15, 0.2) is 35.5 Å². The van der Waals surface area contributed by atoms with Crippen LogP contribution in [0.5, 0.6) is 0 Å². The van der Waals surface area contributed by atoms with Gasteiger partial charge in [0.15, 0.2) is 0 Å². The maximum Gasteiger partial charge on any atom is 0.137 e. The molecule has 1 aromatic rings. The van der Waals surface area contributed by atoms with Gasteiger partial charge in [0.2, 0.25) is 0 Å². The highest BCUT2D eigenvalue weighted by Crippen LogP contribution is 2.29. The minimum Gasteiger partial charge on any atom is -0.382 e. The van der Waals surface area contributed by atoms with Crippen LogP contribution < -0.4 is 0 Å². The summed E-state index contributed by atoms with van der Waals surface area (Å²) >= 11 is 6.01. The molecule has 0 amide bonds. The molecule has 0 spiro atoms. The van der Waals surface area contributed by atoms with Crippen molar-refractivity contribution < 1.29 is 0 Å². The largest absolute Gasteiger partial charge is 0.382 e. The van der Waals surface area contributed by atoms with Crippen LogP contribution in [-0.4, -0.2) is 24.2 Å². The fourth-order valence-corrected chi connectivity index (χ4v) is 1.71. The number of aliphatic imine (C=N–C) groups is 1. The lowest BCUT2D eigenvalue weighted by molar-refractivity contribution is 0.565. The third-order valence-corrected chi connectivity index (χ3v) is 2.31. The van der Waals surface area contributed by atoms with E-state index in [2.05, 4.69) is 4.99 Å². The van der Waals surface area contributed by atoms with Crippen LogP contribution in [0.25, 0.3) is 5.70 Å². The first kappa shape index (κ1) is 9.28. The van der Waals surface area contributed by atoms with Crippen molar-refractivity contribution in [1.29, 1.82) is 0 Å². The van der Waals surface area contributed by atoms with E-state index in [1.165, 1.54) is 0 Å². The predicted octanol–water partition coefficient (Wildman–Crippen LogP) is 2.55. The summed E-state index contributed by atoms with van der Waals surface area (Å²) in [6, 6.07) is 7.98. The summed E-state index contributed by atoms with van der Waals surface area (Å²) in [5, 5.41) is 0.578. The van der Waals surface area contributed by atoms with Gasteiger partial charge in [-0.2, -0.15) is 0 Å². The van der Waals surface area contributed by atoms with Crippen molar-refractivity contribution in [2.45, 2.75) is 0 Å². The number of hydrogen-bond donors (Lipinski definition) is 0. The fourth-order valence-electron chi connectivity index (χ4n) is 1.46. The van der Waals surface area contributed by atoms with E-state index in [9.17, 15) is 0 Å². The van der Waals surface area contributed by atoms with Crippen molar-refractivity contribution >= 4 is 22.5 Å². The molecule has 0 aliphatic carbocycles. The Morgan fingerprint density at radius 2 is 1.86 bits per heavy atom. The van der Waals surface area contributed by atoms with Gasteiger partial charge in [0.1, 0.15) is 5.17 Å². The third kappa shape index (κ3) is 1.53. The normalized spacial score (nSPS) is 16.8. The summed E-state index contributed by atoms with van der Waals surface area (Å²) in [5.41, 5.74) is 3.05. The van der Waals surface area contributed by atoms with Crippen molar-refractivity contribution in [3.8, 4) is 0 Å². The first-order valence-electron chi connectivity index (χ1n) is 4.40. The van der Waals surface area contributed by atoms with E-state index in [1.807, 2.05) is 49.5 Å². The monoisotopic (exact) mass is 206 g/mol. The maximum atomic E-state index is 6.01. The van der Waals surface area contributed by atoms with Gasteiger partial charge in [-0.15, -0.1) is 0 Å². The number of rotatable bonds is 1. The van der Waals surface area contributed by atoms with Gasteiger partial charge in [-0.05, 0) is 0 Å². The third-order valence-electron chi connectivity index (χ3n) is 2.02. The van der Waals surface area contributed by atoms with E-state index in [0.29, 0.717) is 5.17 Å². The zero-order valence-electron chi connectivity index (χ0n) is 8.16. The minimum absolute atomic E-state index is 0.578. The van der Waals surface area contributed by atoms with Crippen molar-refractivity contribution in [1.82, 2.24) is 4.90 Å². The van der Waals surface area contributed by atoms with Crippen LogP contribution in [0.3, 0.4) is 0 Å². The highest BCUT2D eigenvalue weighted by atomic mass is 35.5. The first-order chi connectivity index (χ1) is 6.68. The van der Waals surface area contributed by atoms with Crippen LogP contribution in [-0.2, 0) is 0 Å². The van der Waals surface area contributed by atoms with Crippen molar-refractivity contribution in [2.75, 3.05) is 14.1 Å². The molecule has 0 atom stereocenters. The summed E-state index contributed by atoms with van der Waals surface area (Å²) in [5.74, 6) is 0. The Morgan fingerprint density at radius 1 is 1.21 bits per heavy atom. The fraction of sp³-hybridized carbons (Fsp3) is 0.182. The van der Waals surface area contributed by atoms with Gasteiger partial charge < -0.3 is 4.90 Å². The zero-order valence-corrected chi connectivity index (χ0v) is 8.92. The summed E-state index contributed by atoms with van der Waals surface area (Å²) in [6.07, 6.45) is 1.97. The molecule has 0 radical (unpaired) electrons. The van der Waals surface area contributed by atoms with E-state index < -0.39 is 0 Å². The smallest absolute Gasteiger partial charge is 0.137 e. The summed E-state index contributed by atoms with van der Waals surface area (Å²) < 4.78 is 0. The second-order valence-corrected chi connectivity index (χ2v) is 3.78. The Bertz CT molecular complexity index is 419. The van der Waals surface area contributed by atoms with Crippen molar-refractivity contribution in [3.63, 3.8) is 0 Å². The first-order valence-corrected chi connectivity index (χ1v) is 4.78. The summed E-state index contributed by atoms with van der Waals surface area (Å²) in [6.45, 7) is 0. The van der Waals surface area contributed by atoms with Gasteiger partial charge >= 0.3 is 0 Å². The van der Waals surface area contributed by atoms with Crippen LogP contribution in [0, 0.1) is 0 Å². The van der Waals surface area contributed by atoms with E-state index in [0.717, 1.165) is 16.8 Å². The van der Waals surface area contributed by atoms with Gasteiger partial charge in [0.05, 0.1) is 5.70 Å². The van der Waals surface area contributed by atoms with E-state index in [-0.39, 0.29) is 0 Å². The topological polar surface area (TPSA) is 15.6 Å². The zero-order chi connectivity index (χ0) is 10.1. The molecule has 0 saturated carbocycles. The lowest BCUT2D eigenvalue weighted by atomic mass is 10.1. The SMILES string of the molecule is CN(C)C=C1N=C(Cl)c2ccccc21. The van der Waals surface area contributed by atoms with E-state index in [1.54, 1.807) is 0 Å². The maximum absolute atomic E-state index is 6.01. The minimum atomic E-state index is 0.578. The second-order valence-electron chi connectivity index (χ2n) is 3.43. The predicted molar refractivity (Wildman–Crippen MR) is 60.5 cm³/mol. The van der Waals surface area contributed by atoms with Crippen LogP contribution >= 0.6 is 11.6 Å². The molecule has 1 aliphatic heterocycles. The molecular weight excluding hydrogens is 196 g/mol. The molecule has 2 rings (SSSR count). The second kappa shape index (κ2) is 3.46. The summed E-state index contributed by atoms with van der Waals surface area (Å²) in [4.78, 5) is 6.26. The van der Waals surface area contributed by atoms with Gasteiger partial charge in [-0.25, -0.2) is 4.99 Å². The van der Waals surface area contributed by atoms with Crippen molar-refractivity contribution in [3.05, 3.63) is 41.6 Å². The van der Waals surface area contributed by atoms with Crippen LogP contribution in [0.1, 0.15) is 11.1 Å². The molecule has 1 heterocycles. The summed E-state index contributed by atoms with van der Waals surface area (Å²) in [7, 11) is 3.94. The van der Waals surface area contributed by atoms with Gasteiger partial charge in [0.25, 0.3) is 0 Å². The molecule has 0 bridgehead atoms. The van der Waals surface area contributed by atoms with Gasteiger partial charge in [0, 0.05) is 31.4 Å². The number of fused-ring (bicyclic) bond motifs is 1. The van der Waals surface area contributed by atoms with Crippen LogP contribution in [0.2, 0.25) is 0 Å². The van der Waals surface area contributed by atoms with Crippen molar-refractivity contribution in [2.24, 2.45) is 4.99 Å². The molecule has 3 heteroatoms. The van der Waals surface area contributed by atoms with Gasteiger partial charge in [-0.3, -0.25) is 0 Å². The quantitative estimate of drug-likeness (QED) is 0.690. The molecule has 0 unspecified atom stereocenters. The Kier molecular flexibility index (Phi) is 2.30. The lowest BCUT2D eigenvalue weighted by Crippen LogP contribution is -2.01. The molecule has 0 fully saturated rings. The van der Waals surface area contributed by atoms with E-state index >= 15 is 0 Å². The molecule has 0 saturated heterocycles. The molecule has 1 aromatic carbocycles. The van der Waals surface area contributed by atoms with Crippen LogP contribution in [0.4, 0.5) is 0 Å². The number of benzene rings is 1. The lowest BCUT2D eigenvalue weighted by Gasteiger charge is -2.05.